The molecule has 6 N–H and O–H groups in total. The summed E-state index contributed by atoms with van der Waals surface area (Å²) < 4.78 is 0. The molecular formula is C9H16FeO10. The number of hydrogen-bond acceptors (Lipinski definition) is 10. The molecule has 0 fully saturated rings. The van der Waals surface area contributed by atoms with Crippen LogP contribution in [0, 0.1) is 0 Å². The van der Waals surface area contributed by atoms with Gasteiger partial charge >= 0.3 is 17.1 Å². The first-order chi connectivity index (χ1) is 8.56. The van der Waals surface area contributed by atoms with Gasteiger partial charge in [-0.25, -0.2) is 0 Å². The van der Waals surface area contributed by atoms with Crippen molar-refractivity contribution in [1.82, 2.24) is 0 Å². The number of rotatable bonds is 6. The molecule has 0 bridgehead atoms. The van der Waals surface area contributed by atoms with Gasteiger partial charge in [-0.3, -0.25) is 0 Å². The maximum atomic E-state index is 9.98. The van der Waals surface area contributed by atoms with Crippen LogP contribution in [-0.2, 0) is 26.7 Å². The maximum absolute atomic E-state index is 9.98. The van der Waals surface area contributed by atoms with E-state index in [2.05, 4.69) is 0 Å². The second-order valence-electron chi connectivity index (χ2n) is 3.49. The molecule has 0 heterocycles. The average Bonchev–Trinajstić information content (AvgIpc) is 2.35. The number of aliphatic hydroxyl groups is 6. The van der Waals surface area contributed by atoms with E-state index in [-0.39, 0.29) is 17.1 Å². The van der Waals surface area contributed by atoms with E-state index >= 15 is 0 Å². The molecule has 0 aromatic heterocycles. The SMILES string of the molecule is CC(O)C(=O)[O-].O=C([O-])C(O)C(O)C(O)C(O)CO.[Fe+2]. The molecule has 0 saturated heterocycles. The predicted molar refractivity (Wildman–Crippen MR) is 52.8 cm³/mol. The number of carbonyl (C=O) groups is 2. The molecule has 5 unspecified atom stereocenters. The zero-order valence-electron chi connectivity index (χ0n) is 10.3. The van der Waals surface area contributed by atoms with Gasteiger partial charge in [0.15, 0.2) is 0 Å². The molecule has 0 aliphatic rings. The smallest absolute Gasteiger partial charge is 0.547 e. The Balaban J connectivity index is -0.000000352. The Bertz CT molecular complexity index is 284. The Morgan fingerprint density at radius 1 is 0.950 bits per heavy atom. The summed E-state index contributed by atoms with van der Waals surface area (Å²) in [6.07, 6.45) is -9.42. The van der Waals surface area contributed by atoms with Gasteiger partial charge in [0.05, 0.1) is 24.6 Å². The van der Waals surface area contributed by atoms with E-state index in [0.29, 0.717) is 0 Å². The molecule has 120 valence electrons. The van der Waals surface area contributed by atoms with Crippen molar-refractivity contribution >= 4 is 11.9 Å². The van der Waals surface area contributed by atoms with Crippen LogP contribution in [0.2, 0.25) is 0 Å². The first kappa shape index (κ1) is 24.3. The van der Waals surface area contributed by atoms with Crippen molar-refractivity contribution in [3.8, 4) is 0 Å². The van der Waals surface area contributed by atoms with Gasteiger partial charge in [-0.2, -0.15) is 0 Å². The van der Waals surface area contributed by atoms with Crippen molar-refractivity contribution in [2.75, 3.05) is 6.61 Å². The molecule has 0 saturated carbocycles. The standard InChI is InChI=1S/C6H12O7.C3H6O3.Fe/c7-1-2(8)3(9)4(10)5(11)6(12)13;1-2(4)3(5)6;/h2-5,7-11H,1H2,(H,12,13);2,4H,1H3,(H,5,6);/q;;+2/p-2. The fraction of sp³-hybridized carbons (Fsp3) is 0.778. The number of carbonyl (C=O) groups excluding carboxylic acids is 2. The zero-order chi connectivity index (χ0) is 15.7. The van der Waals surface area contributed by atoms with Crippen LogP contribution in [0.3, 0.4) is 0 Å². The third kappa shape index (κ3) is 10.1. The molecule has 11 heteroatoms. The normalized spacial score (nSPS) is 17.4. The quantitative estimate of drug-likeness (QED) is 0.252. The molecule has 10 nitrogen and oxygen atoms in total. The van der Waals surface area contributed by atoms with Gasteiger partial charge in [0.2, 0.25) is 0 Å². The first-order valence-electron chi connectivity index (χ1n) is 4.99. The van der Waals surface area contributed by atoms with E-state index in [1.807, 2.05) is 0 Å². The van der Waals surface area contributed by atoms with E-state index in [4.69, 9.17) is 30.6 Å². The predicted octanol–water partition coefficient (Wildman–Crippen LogP) is -6.71. The minimum Gasteiger partial charge on any atom is -0.547 e. The number of aliphatic carboxylic acids is 2. The maximum Gasteiger partial charge on any atom is 2.00 e. The van der Waals surface area contributed by atoms with Gasteiger partial charge < -0.3 is 50.4 Å². The van der Waals surface area contributed by atoms with Gasteiger partial charge in [0.1, 0.15) is 24.4 Å². The van der Waals surface area contributed by atoms with E-state index in [0.717, 1.165) is 6.92 Å². The van der Waals surface area contributed by atoms with Crippen molar-refractivity contribution in [3.05, 3.63) is 0 Å². The van der Waals surface area contributed by atoms with E-state index in [1.165, 1.54) is 0 Å². The minimum atomic E-state index is -2.31. The first-order valence-corrected chi connectivity index (χ1v) is 4.99. The molecule has 0 aromatic rings. The third-order valence-electron chi connectivity index (χ3n) is 1.84. The van der Waals surface area contributed by atoms with Crippen molar-refractivity contribution in [3.63, 3.8) is 0 Å². The number of aliphatic hydroxyl groups excluding tert-OH is 6. The van der Waals surface area contributed by atoms with Gasteiger partial charge in [-0.05, 0) is 6.92 Å². The fourth-order valence-electron chi connectivity index (χ4n) is 0.662. The zero-order valence-corrected chi connectivity index (χ0v) is 11.4. The average molecular weight is 340 g/mol. The molecule has 0 spiro atoms. The van der Waals surface area contributed by atoms with Crippen LogP contribution in [0.4, 0.5) is 0 Å². The molecule has 0 rings (SSSR count). The van der Waals surface area contributed by atoms with Crippen LogP contribution >= 0.6 is 0 Å². The monoisotopic (exact) mass is 340 g/mol. The van der Waals surface area contributed by atoms with Crippen LogP contribution < -0.4 is 10.2 Å². The molecule has 0 aromatic carbocycles. The van der Waals surface area contributed by atoms with Crippen LogP contribution in [-0.4, -0.2) is 79.7 Å². The summed E-state index contributed by atoms with van der Waals surface area (Å²) in [6.45, 7) is 0.271. The summed E-state index contributed by atoms with van der Waals surface area (Å²) >= 11 is 0. The van der Waals surface area contributed by atoms with Crippen molar-refractivity contribution in [2.24, 2.45) is 0 Å². The molecule has 0 aliphatic carbocycles. The Kier molecular flexibility index (Phi) is 14.5. The Labute approximate surface area is 124 Å². The number of hydrogen-bond donors (Lipinski definition) is 6. The Hall–Kier alpha value is -0.781. The molecule has 0 aliphatic heterocycles. The van der Waals surface area contributed by atoms with E-state index < -0.39 is 49.1 Å². The number of carboxylic acid groups (broad SMARTS) is 2. The van der Waals surface area contributed by atoms with Gasteiger partial charge in [0.25, 0.3) is 0 Å². The van der Waals surface area contributed by atoms with Crippen molar-refractivity contribution in [2.45, 2.75) is 37.4 Å². The largest absolute Gasteiger partial charge is 2.00 e. The summed E-state index contributed by atoms with van der Waals surface area (Å²) in [7, 11) is 0. The number of carboxylic acids is 2. The summed E-state index contributed by atoms with van der Waals surface area (Å²) in [4.78, 5) is 19.3. The van der Waals surface area contributed by atoms with Crippen LogP contribution in [0.5, 0.6) is 0 Å². The summed E-state index contributed by atoms with van der Waals surface area (Å²) in [5.41, 5.74) is 0. The fourth-order valence-corrected chi connectivity index (χ4v) is 0.662. The van der Waals surface area contributed by atoms with E-state index in [9.17, 15) is 19.8 Å². The van der Waals surface area contributed by atoms with Crippen LogP contribution in [0.25, 0.3) is 0 Å². The minimum absolute atomic E-state index is 0. The second-order valence-corrected chi connectivity index (χ2v) is 3.49. The topological polar surface area (TPSA) is 202 Å². The Morgan fingerprint density at radius 2 is 1.30 bits per heavy atom. The van der Waals surface area contributed by atoms with Crippen LogP contribution in [0.15, 0.2) is 0 Å². The molecule has 0 radical (unpaired) electrons. The summed E-state index contributed by atoms with van der Waals surface area (Å²) in [5, 5.41) is 70.7. The molecule has 0 amide bonds. The van der Waals surface area contributed by atoms with Crippen molar-refractivity contribution < 1.29 is 67.5 Å². The summed E-state index contributed by atoms with van der Waals surface area (Å²) in [5.74, 6) is -3.41. The van der Waals surface area contributed by atoms with Gasteiger partial charge in [-0.1, -0.05) is 0 Å². The summed E-state index contributed by atoms with van der Waals surface area (Å²) in [6, 6.07) is 0. The molecule has 20 heavy (non-hydrogen) atoms. The molecular weight excluding hydrogens is 324 g/mol. The van der Waals surface area contributed by atoms with Gasteiger partial charge in [-0.15, -0.1) is 0 Å². The van der Waals surface area contributed by atoms with Crippen LogP contribution in [0.1, 0.15) is 6.92 Å². The second kappa shape index (κ2) is 12.0. The van der Waals surface area contributed by atoms with Crippen molar-refractivity contribution in [1.29, 1.82) is 0 Å². The van der Waals surface area contributed by atoms with Gasteiger partial charge in [0, 0.05) is 0 Å². The third-order valence-corrected chi connectivity index (χ3v) is 1.84. The molecule has 5 atom stereocenters. The van der Waals surface area contributed by atoms with E-state index in [1.54, 1.807) is 0 Å². The Morgan fingerprint density at radius 3 is 1.50 bits per heavy atom.